The third-order valence-corrected chi connectivity index (χ3v) is 7.46. The zero-order chi connectivity index (χ0) is 32.4. The van der Waals surface area contributed by atoms with E-state index in [-0.39, 0.29) is 0 Å². The monoisotopic (exact) mass is 633 g/mol. The maximum atomic E-state index is 11.7. The molecular formula is C23H39NO19. The number of carbonyl (C=O) groups is 2. The average Bonchev–Trinajstić information content (AvgIpc) is 2.95. The minimum absolute atomic E-state index is 0.744. The van der Waals surface area contributed by atoms with Crippen LogP contribution in [0, 0.1) is 0 Å². The summed E-state index contributed by atoms with van der Waals surface area (Å²) in [6.07, 6.45) is -26.8. The Labute approximate surface area is 243 Å². The van der Waals surface area contributed by atoms with Crippen LogP contribution in [0.3, 0.4) is 0 Å². The summed E-state index contributed by atoms with van der Waals surface area (Å²) in [5.41, 5.74) is 0. The topological polar surface area (TPSA) is 335 Å². The highest BCUT2D eigenvalue weighted by Gasteiger charge is 2.56. The molecule has 13 N–H and O–H groups in total. The predicted molar refractivity (Wildman–Crippen MR) is 130 cm³/mol. The standard InChI is InChI=1S/C23H39NO19/c1-6(28)24-11-7(29)2-23(38,22(36)37)43-18(11)13(31)9(4-26)40-21-17(35)19(14(32)10(5-27)41-21)42-20-16(34)15(33)12(30)8(3-25)39-20/h7-21,25-27,29-35,38H,2-5H2,1H3,(H,24,28)(H,36,37)/t7-,8+,9+,10+,11+,12-,13+,14-,15-,16+,17+,18+,19-,20-,21+,23+/m0/s1. The normalized spacial score (nSPS) is 45.3. The van der Waals surface area contributed by atoms with Crippen molar-refractivity contribution in [2.24, 2.45) is 0 Å². The van der Waals surface area contributed by atoms with Gasteiger partial charge in [-0.15, -0.1) is 0 Å². The van der Waals surface area contributed by atoms with E-state index in [9.17, 15) is 70.9 Å². The van der Waals surface area contributed by atoms with Gasteiger partial charge >= 0.3 is 5.97 Å². The van der Waals surface area contributed by atoms with Gasteiger partial charge in [0.2, 0.25) is 5.91 Å². The predicted octanol–water partition coefficient (Wildman–Crippen LogP) is -8.22. The lowest BCUT2D eigenvalue weighted by molar-refractivity contribution is -0.368. The molecule has 0 saturated carbocycles. The van der Waals surface area contributed by atoms with E-state index in [1.54, 1.807) is 0 Å². The number of nitrogens with one attached hydrogen (secondary N) is 1. The number of hydrogen-bond acceptors (Lipinski definition) is 18. The largest absolute Gasteiger partial charge is 0.477 e. The molecule has 0 spiro atoms. The van der Waals surface area contributed by atoms with Crippen LogP contribution in [0.4, 0.5) is 0 Å². The molecule has 3 heterocycles. The minimum atomic E-state index is -3.03. The molecule has 0 aromatic carbocycles. The highest BCUT2D eigenvalue weighted by molar-refractivity contribution is 5.76. The van der Waals surface area contributed by atoms with E-state index in [0.29, 0.717) is 0 Å². The van der Waals surface area contributed by atoms with E-state index in [1.807, 2.05) is 0 Å². The summed E-state index contributed by atoms with van der Waals surface area (Å²) in [5, 5.41) is 125. The van der Waals surface area contributed by atoms with Crippen molar-refractivity contribution in [3.63, 3.8) is 0 Å². The number of ether oxygens (including phenoxy) is 5. The Morgan fingerprint density at radius 3 is 2.02 bits per heavy atom. The number of aliphatic hydroxyl groups excluding tert-OH is 10. The van der Waals surface area contributed by atoms with E-state index in [4.69, 9.17) is 23.7 Å². The summed E-state index contributed by atoms with van der Waals surface area (Å²) >= 11 is 0. The lowest BCUT2D eigenvalue weighted by atomic mass is 9.88. The number of rotatable bonds is 11. The number of carbonyl (C=O) groups excluding carboxylic acids is 1. The van der Waals surface area contributed by atoms with Gasteiger partial charge in [-0.25, -0.2) is 4.79 Å². The van der Waals surface area contributed by atoms with Crippen LogP contribution >= 0.6 is 0 Å². The quantitative estimate of drug-likeness (QED) is 0.100. The van der Waals surface area contributed by atoms with Crippen molar-refractivity contribution >= 4 is 11.9 Å². The molecule has 0 aliphatic carbocycles. The third-order valence-electron chi connectivity index (χ3n) is 7.46. The van der Waals surface area contributed by atoms with E-state index >= 15 is 0 Å². The Kier molecular flexibility index (Phi) is 12.1. The molecule has 1 amide bonds. The smallest absolute Gasteiger partial charge is 0.364 e. The number of aliphatic carboxylic acids is 1. The van der Waals surface area contributed by atoms with Crippen LogP contribution in [0.2, 0.25) is 0 Å². The second-order valence-electron chi connectivity index (χ2n) is 10.5. The van der Waals surface area contributed by atoms with Crippen LogP contribution in [0.15, 0.2) is 0 Å². The Morgan fingerprint density at radius 2 is 1.49 bits per heavy atom. The first kappa shape index (κ1) is 35.8. The fourth-order valence-electron chi connectivity index (χ4n) is 5.09. The molecule has 3 fully saturated rings. The average molecular weight is 634 g/mol. The molecule has 250 valence electrons. The molecular weight excluding hydrogens is 594 g/mol. The minimum Gasteiger partial charge on any atom is -0.477 e. The number of carboxylic acid groups (broad SMARTS) is 1. The highest BCUT2D eigenvalue weighted by Crippen LogP contribution is 2.33. The molecule has 3 aliphatic heterocycles. The molecule has 0 unspecified atom stereocenters. The molecule has 3 saturated heterocycles. The number of amides is 1. The first-order chi connectivity index (χ1) is 20.1. The summed E-state index contributed by atoms with van der Waals surface area (Å²) < 4.78 is 26.6. The van der Waals surface area contributed by atoms with Crippen molar-refractivity contribution in [1.29, 1.82) is 0 Å². The fraction of sp³-hybridized carbons (Fsp3) is 0.913. The molecule has 0 radical (unpaired) electrons. The van der Waals surface area contributed by atoms with E-state index in [2.05, 4.69) is 5.32 Å². The Hall–Kier alpha value is -1.70. The number of hydrogen-bond donors (Lipinski definition) is 13. The van der Waals surface area contributed by atoms with Crippen LogP contribution in [0.5, 0.6) is 0 Å². The molecule has 20 nitrogen and oxygen atoms in total. The van der Waals surface area contributed by atoms with Gasteiger partial charge in [-0.2, -0.15) is 0 Å². The summed E-state index contributed by atoms with van der Waals surface area (Å²) in [5.74, 6) is -5.71. The van der Waals surface area contributed by atoms with E-state index in [1.165, 1.54) is 0 Å². The molecule has 3 aliphatic rings. The summed E-state index contributed by atoms with van der Waals surface area (Å²) in [7, 11) is 0. The van der Waals surface area contributed by atoms with Crippen molar-refractivity contribution < 1.29 is 94.6 Å². The first-order valence-electron chi connectivity index (χ1n) is 13.2. The first-order valence-corrected chi connectivity index (χ1v) is 13.2. The number of aliphatic hydroxyl groups is 11. The van der Waals surface area contributed by atoms with Gasteiger partial charge in [0.15, 0.2) is 12.6 Å². The zero-order valence-corrected chi connectivity index (χ0v) is 22.7. The van der Waals surface area contributed by atoms with Crippen LogP contribution in [0.1, 0.15) is 13.3 Å². The van der Waals surface area contributed by atoms with Crippen LogP contribution in [-0.4, -0.2) is 191 Å². The van der Waals surface area contributed by atoms with Crippen molar-refractivity contribution in [3.05, 3.63) is 0 Å². The summed E-state index contributed by atoms with van der Waals surface area (Å²) in [4.78, 5) is 23.3. The molecule has 16 atom stereocenters. The van der Waals surface area contributed by atoms with E-state index in [0.717, 1.165) is 6.92 Å². The van der Waals surface area contributed by atoms with Gasteiger partial charge in [-0.1, -0.05) is 0 Å². The Morgan fingerprint density at radius 1 is 0.907 bits per heavy atom. The van der Waals surface area contributed by atoms with Crippen molar-refractivity contribution in [2.75, 3.05) is 19.8 Å². The molecule has 0 aromatic heterocycles. The number of carboxylic acids is 1. The van der Waals surface area contributed by atoms with Crippen molar-refractivity contribution in [2.45, 2.75) is 111 Å². The van der Waals surface area contributed by atoms with Crippen LogP contribution < -0.4 is 5.32 Å². The maximum absolute atomic E-state index is 11.7. The lowest BCUT2D eigenvalue weighted by Crippen LogP contribution is -2.68. The summed E-state index contributed by atoms with van der Waals surface area (Å²) in [6, 6.07) is -1.53. The van der Waals surface area contributed by atoms with Crippen molar-refractivity contribution in [3.8, 4) is 0 Å². The fourth-order valence-corrected chi connectivity index (χ4v) is 5.09. The van der Waals surface area contributed by atoms with Crippen molar-refractivity contribution in [1.82, 2.24) is 5.32 Å². The molecule has 20 heteroatoms. The SMILES string of the molecule is CC(=O)N[C@H]1[C@H]([C@H](O)[C@@H](CO)O[C@@H]2O[C@H](CO)[C@H](O)[C@H](O[C@@H]3O[C@H](CO)[C@H](O)[C@H](O)[C@H]3O)[C@H]2O)O[C@@](O)(C(=O)O)C[C@@H]1O. The van der Waals surface area contributed by atoms with Gasteiger partial charge in [0.05, 0.1) is 32.0 Å². The maximum Gasteiger partial charge on any atom is 0.364 e. The molecule has 43 heavy (non-hydrogen) atoms. The van der Waals surface area contributed by atoms with Gasteiger partial charge < -0.3 is 90.3 Å². The van der Waals surface area contributed by atoms with Gasteiger partial charge in [-0.3, -0.25) is 4.79 Å². The lowest BCUT2D eigenvalue weighted by Gasteiger charge is -2.47. The van der Waals surface area contributed by atoms with Gasteiger partial charge in [-0.05, 0) is 0 Å². The van der Waals surface area contributed by atoms with E-state index < -0.39 is 136 Å². The second kappa shape index (κ2) is 14.6. The Bertz CT molecular complexity index is 942. The zero-order valence-electron chi connectivity index (χ0n) is 22.7. The Balaban J connectivity index is 1.84. The highest BCUT2D eigenvalue weighted by atomic mass is 16.7. The van der Waals surface area contributed by atoms with Crippen LogP contribution in [0.25, 0.3) is 0 Å². The second-order valence-corrected chi connectivity index (χ2v) is 10.5. The van der Waals surface area contributed by atoms with Gasteiger partial charge in [0.1, 0.15) is 67.1 Å². The van der Waals surface area contributed by atoms with Gasteiger partial charge in [0, 0.05) is 13.3 Å². The third kappa shape index (κ3) is 7.58. The van der Waals surface area contributed by atoms with Gasteiger partial charge in [0.25, 0.3) is 5.79 Å². The molecule has 0 bridgehead atoms. The summed E-state index contributed by atoms with van der Waals surface area (Å²) in [6.45, 7) is -1.80. The molecule has 3 rings (SSSR count). The van der Waals surface area contributed by atoms with Crippen LogP contribution in [-0.2, 0) is 33.3 Å². The molecule has 0 aromatic rings.